The molecule has 2 N–H and O–H groups in total. The van der Waals surface area contributed by atoms with Crippen LogP contribution in [0.4, 0.5) is 0 Å². The van der Waals surface area contributed by atoms with Crippen molar-refractivity contribution in [1.29, 1.82) is 0 Å². The summed E-state index contributed by atoms with van der Waals surface area (Å²) < 4.78 is 5.80. The summed E-state index contributed by atoms with van der Waals surface area (Å²) in [5.74, 6) is 1.48. The van der Waals surface area contributed by atoms with Crippen LogP contribution in [0.15, 0.2) is 48.5 Å². The zero-order chi connectivity index (χ0) is 15.2. The third-order valence-corrected chi connectivity index (χ3v) is 3.94. The summed E-state index contributed by atoms with van der Waals surface area (Å²) >= 11 is 4.94. The first kappa shape index (κ1) is 15.5. The molecule has 0 spiro atoms. The molecule has 0 amide bonds. The van der Waals surface area contributed by atoms with E-state index in [2.05, 4.69) is 26.0 Å². The van der Waals surface area contributed by atoms with Crippen LogP contribution in [0, 0.1) is 0 Å². The zero-order valence-electron chi connectivity index (χ0n) is 12.5. The molecule has 0 saturated heterocycles. The fourth-order valence-corrected chi connectivity index (χ4v) is 2.20. The van der Waals surface area contributed by atoms with Crippen LogP contribution in [0.1, 0.15) is 42.9 Å². The van der Waals surface area contributed by atoms with E-state index >= 15 is 0 Å². The molecule has 110 valence electrons. The maximum atomic E-state index is 5.80. The Morgan fingerprint density at radius 3 is 2.24 bits per heavy atom. The summed E-state index contributed by atoms with van der Waals surface area (Å²) in [5.41, 5.74) is 8.91. The van der Waals surface area contributed by atoms with Crippen molar-refractivity contribution in [2.75, 3.05) is 0 Å². The minimum atomic E-state index is 0.420. The first-order valence-electron chi connectivity index (χ1n) is 7.21. The molecule has 2 aromatic rings. The van der Waals surface area contributed by atoms with Crippen LogP contribution in [0.5, 0.6) is 5.75 Å². The Labute approximate surface area is 131 Å². The largest absolute Gasteiger partial charge is 0.489 e. The van der Waals surface area contributed by atoms with Gasteiger partial charge in [-0.1, -0.05) is 62.5 Å². The lowest BCUT2D eigenvalue weighted by atomic mass is 9.99. The molecule has 1 atom stereocenters. The van der Waals surface area contributed by atoms with Gasteiger partial charge in [0.15, 0.2) is 0 Å². The lowest BCUT2D eigenvalue weighted by Gasteiger charge is -2.11. The van der Waals surface area contributed by atoms with Crippen molar-refractivity contribution in [3.05, 3.63) is 65.2 Å². The molecule has 0 fully saturated rings. The van der Waals surface area contributed by atoms with E-state index in [1.165, 1.54) is 5.56 Å². The molecule has 21 heavy (non-hydrogen) atoms. The lowest BCUT2D eigenvalue weighted by molar-refractivity contribution is 0.306. The van der Waals surface area contributed by atoms with Gasteiger partial charge >= 0.3 is 0 Å². The summed E-state index contributed by atoms with van der Waals surface area (Å²) in [6.45, 7) is 4.98. The zero-order valence-corrected chi connectivity index (χ0v) is 13.3. The van der Waals surface area contributed by atoms with Crippen LogP contribution in [0.25, 0.3) is 0 Å². The molecule has 2 nitrogen and oxygen atoms in total. The topological polar surface area (TPSA) is 35.2 Å². The van der Waals surface area contributed by atoms with Gasteiger partial charge in [0.05, 0.1) is 0 Å². The molecule has 0 radical (unpaired) electrons. The standard InChI is InChI=1S/C18H21NOS/c1-3-13(2)15-8-10-17(11-9-15)20-12-14-4-6-16(7-5-14)18(19)21/h4-11,13H,3,12H2,1-2H3,(H2,19,21). The second-order valence-corrected chi connectivity index (χ2v) is 5.67. The Balaban J connectivity index is 1.95. The van der Waals surface area contributed by atoms with Gasteiger partial charge in [-0.25, -0.2) is 0 Å². The van der Waals surface area contributed by atoms with E-state index in [-0.39, 0.29) is 0 Å². The third-order valence-electron chi connectivity index (χ3n) is 3.71. The van der Waals surface area contributed by atoms with E-state index in [1.54, 1.807) is 0 Å². The summed E-state index contributed by atoms with van der Waals surface area (Å²) in [6, 6.07) is 16.2. The number of hydrogen-bond acceptors (Lipinski definition) is 2. The summed E-state index contributed by atoms with van der Waals surface area (Å²) in [5, 5.41) is 0. The number of thiocarbonyl (C=S) groups is 1. The van der Waals surface area contributed by atoms with Gasteiger partial charge in [0.25, 0.3) is 0 Å². The van der Waals surface area contributed by atoms with Gasteiger partial charge in [-0.2, -0.15) is 0 Å². The molecule has 0 aromatic heterocycles. The molecule has 0 aliphatic heterocycles. The van der Waals surface area contributed by atoms with Crippen LogP contribution in [0.2, 0.25) is 0 Å². The van der Waals surface area contributed by atoms with Crippen molar-refractivity contribution in [1.82, 2.24) is 0 Å². The average Bonchev–Trinajstić information content (AvgIpc) is 2.53. The van der Waals surface area contributed by atoms with Crippen molar-refractivity contribution in [2.45, 2.75) is 32.8 Å². The maximum Gasteiger partial charge on any atom is 0.119 e. The molecular formula is C18H21NOS. The number of ether oxygens (including phenoxy) is 1. The number of benzene rings is 2. The van der Waals surface area contributed by atoms with Crippen LogP contribution >= 0.6 is 12.2 Å². The van der Waals surface area contributed by atoms with Gasteiger partial charge in [-0.3, -0.25) is 0 Å². The quantitative estimate of drug-likeness (QED) is 0.802. The van der Waals surface area contributed by atoms with Crippen LogP contribution < -0.4 is 10.5 Å². The molecule has 0 aliphatic rings. The third kappa shape index (κ3) is 4.30. The van der Waals surface area contributed by atoms with Crippen molar-refractivity contribution < 1.29 is 4.74 Å². The second kappa shape index (κ2) is 7.23. The van der Waals surface area contributed by atoms with Crippen LogP contribution in [-0.2, 0) is 6.61 Å². The Bertz CT molecular complexity index is 590. The first-order valence-corrected chi connectivity index (χ1v) is 7.62. The van der Waals surface area contributed by atoms with Crippen molar-refractivity contribution in [2.24, 2.45) is 5.73 Å². The molecule has 2 aromatic carbocycles. The fraction of sp³-hybridized carbons (Fsp3) is 0.278. The van der Waals surface area contributed by atoms with Gasteiger partial charge < -0.3 is 10.5 Å². The predicted octanol–water partition coefficient (Wildman–Crippen LogP) is 4.41. The highest BCUT2D eigenvalue weighted by Gasteiger charge is 2.03. The molecule has 0 heterocycles. The maximum absolute atomic E-state index is 5.80. The van der Waals surface area contributed by atoms with E-state index in [4.69, 9.17) is 22.7 Å². The summed E-state index contributed by atoms with van der Waals surface area (Å²) in [4.78, 5) is 0.420. The van der Waals surface area contributed by atoms with Crippen molar-refractivity contribution >= 4 is 17.2 Å². The molecular weight excluding hydrogens is 278 g/mol. The molecule has 2 rings (SSSR count). The molecule has 3 heteroatoms. The number of rotatable bonds is 6. The van der Waals surface area contributed by atoms with Crippen LogP contribution in [-0.4, -0.2) is 4.99 Å². The first-order chi connectivity index (χ1) is 10.1. The summed E-state index contributed by atoms with van der Waals surface area (Å²) in [6.07, 6.45) is 1.15. The Morgan fingerprint density at radius 2 is 1.71 bits per heavy atom. The fourth-order valence-electron chi connectivity index (χ4n) is 2.06. The van der Waals surface area contributed by atoms with Gasteiger partial charge in [0, 0.05) is 5.56 Å². The molecule has 0 bridgehead atoms. The normalized spacial score (nSPS) is 11.9. The minimum Gasteiger partial charge on any atom is -0.489 e. The monoisotopic (exact) mass is 299 g/mol. The Kier molecular flexibility index (Phi) is 5.34. The highest BCUT2D eigenvalue weighted by Crippen LogP contribution is 2.22. The average molecular weight is 299 g/mol. The smallest absolute Gasteiger partial charge is 0.119 e. The van der Waals surface area contributed by atoms with E-state index in [0.29, 0.717) is 17.5 Å². The molecule has 1 unspecified atom stereocenters. The van der Waals surface area contributed by atoms with Crippen LogP contribution in [0.3, 0.4) is 0 Å². The number of nitrogens with two attached hydrogens (primary N) is 1. The van der Waals surface area contributed by atoms with Gasteiger partial charge in [0.1, 0.15) is 17.3 Å². The second-order valence-electron chi connectivity index (χ2n) is 5.23. The SMILES string of the molecule is CCC(C)c1ccc(OCc2ccc(C(N)=S)cc2)cc1. The van der Waals surface area contributed by atoms with E-state index in [1.807, 2.05) is 36.4 Å². The van der Waals surface area contributed by atoms with Crippen molar-refractivity contribution in [3.63, 3.8) is 0 Å². The minimum absolute atomic E-state index is 0.420. The summed E-state index contributed by atoms with van der Waals surface area (Å²) in [7, 11) is 0. The highest BCUT2D eigenvalue weighted by atomic mass is 32.1. The Hall–Kier alpha value is -1.87. The van der Waals surface area contributed by atoms with E-state index in [0.717, 1.165) is 23.3 Å². The van der Waals surface area contributed by atoms with E-state index < -0.39 is 0 Å². The van der Waals surface area contributed by atoms with E-state index in [9.17, 15) is 0 Å². The van der Waals surface area contributed by atoms with Crippen molar-refractivity contribution in [3.8, 4) is 5.75 Å². The van der Waals surface area contributed by atoms with Gasteiger partial charge in [-0.15, -0.1) is 0 Å². The molecule has 0 saturated carbocycles. The number of hydrogen-bond donors (Lipinski definition) is 1. The highest BCUT2D eigenvalue weighted by molar-refractivity contribution is 7.80. The Morgan fingerprint density at radius 1 is 1.10 bits per heavy atom. The van der Waals surface area contributed by atoms with Gasteiger partial charge in [0.2, 0.25) is 0 Å². The lowest BCUT2D eigenvalue weighted by Crippen LogP contribution is -2.09. The van der Waals surface area contributed by atoms with Gasteiger partial charge in [-0.05, 0) is 35.6 Å². The predicted molar refractivity (Wildman–Crippen MR) is 91.8 cm³/mol. The molecule has 0 aliphatic carbocycles.